The van der Waals surface area contributed by atoms with Gasteiger partial charge < -0.3 is 9.64 Å². The van der Waals surface area contributed by atoms with Crippen molar-refractivity contribution in [2.45, 2.75) is 31.3 Å². The van der Waals surface area contributed by atoms with E-state index < -0.39 is 0 Å². The van der Waals surface area contributed by atoms with E-state index in [1.54, 1.807) is 11.1 Å². The minimum atomic E-state index is 0. The molecule has 3 aliphatic carbocycles. The second-order valence-corrected chi connectivity index (χ2v) is 7.69. The van der Waals surface area contributed by atoms with Crippen LogP contribution in [-0.2, 0) is 4.74 Å². The van der Waals surface area contributed by atoms with Crippen LogP contribution in [0.3, 0.4) is 0 Å². The van der Waals surface area contributed by atoms with E-state index in [0.29, 0.717) is 17.8 Å². The van der Waals surface area contributed by atoms with Crippen LogP contribution in [0, 0.1) is 5.92 Å². The molecule has 0 heterocycles. The van der Waals surface area contributed by atoms with E-state index in [1.165, 1.54) is 17.5 Å². The third kappa shape index (κ3) is 3.36. The van der Waals surface area contributed by atoms with Gasteiger partial charge in [-0.15, -0.1) is 12.4 Å². The molecule has 2 aromatic carbocycles. The Hall–Kier alpha value is -1.35. The van der Waals surface area contributed by atoms with Crippen LogP contribution in [0.15, 0.2) is 48.5 Å². The highest BCUT2D eigenvalue weighted by Crippen LogP contribution is 2.55. The normalized spacial score (nSPS) is 24.4. The van der Waals surface area contributed by atoms with E-state index in [9.17, 15) is 0 Å². The van der Waals surface area contributed by atoms with Crippen molar-refractivity contribution >= 4 is 12.4 Å². The Bertz CT molecular complexity index is 682. The summed E-state index contributed by atoms with van der Waals surface area (Å²) in [5, 5.41) is 0. The summed E-state index contributed by atoms with van der Waals surface area (Å²) >= 11 is 0. The van der Waals surface area contributed by atoms with Crippen LogP contribution >= 0.6 is 12.4 Å². The van der Waals surface area contributed by atoms with Crippen LogP contribution in [0.25, 0.3) is 0 Å². The fourth-order valence-electron chi connectivity index (χ4n) is 4.78. The summed E-state index contributed by atoms with van der Waals surface area (Å²) in [6.45, 7) is 4.02. The van der Waals surface area contributed by atoms with Crippen molar-refractivity contribution in [3.8, 4) is 0 Å². The van der Waals surface area contributed by atoms with Crippen molar-refractivity contribution in [1.82, 2.24) is 4.90 Å². The minimum Gasteiger partial charge on any atom is -0.377 e. The summed E-state index contributed by atoms with van der Waals surface area (Å²) in [4.78, 5) is 2.20. The van der Waals surface area contributed by atoms with Crippen LogP contribution in [0.1, 0.15) is 47.4 Å². The Morgan fingerprint density at radius 2 is 1.48 bits per heavy atom. The lowest BCUT2D eigenvalue weighted by molar-refractivity contribution is 0.0165. The highest BCUT2D eigenvalue weighted by Gasteiger charge is 2.43. The third-order valence-electron chi connectivity index (χ3n) is 5.64. The molecule has 0 saturated heterocycles. The molecule has 2 atom stereocenters. The van der Waals surface area contributed by atoms with Crippen LogP contribution in [-0.4, -0.2) is 38.3 Å². The van der Waals surface area contributed by atoms with Gasteiger partial charge in [0.2, 0.25) is 0 Å². The molecule has 0 saturated carbocycles. The lowest BCUT2D eigenvalue weighted by Crippen LogP contribution is -2.36. The number of hydrogen-bond acceptors (Lipinski definition) is 2. The van der Waals surface area contributed by atoms with Crippen molar-refractivity contribution in [2.24, 2.45) is 5.92 Å². The number of rotatable bonds is 5. The molecule has 2 aromatic rings. The Morgan fingerprint density at radius 1 is 0.960 bits per heavy atom. The van der Waals surface area contributed by atoms with Crippen molar-refractivity contribution in [3.05, 3.63) is 70.8 Å². The van der Waals surface area contributed by atoms with Crippen LogP contribution in [0.5, 0.6) is 0 Å². The van der Waals surface area contributed by atoms with E-state index in [-0.39, 0.29) is 18.5 Å². The maximum Gasteiger partial charge on any atom is 0.0673 e. The molecular formula is C22H28ClNO. The zero-order valence-corrected chi connectivity index (χ0v) is 16.1. The molecule has 0 fully saturated rings. The fourth-order valence-corrected chi connectivity index (χ4v) is 4.78. The number of ether oxygens (including phenoxy) is 1. The van der Waals surface area contributed by atoms with Gasteiger partial charge in [0.15, 0.2) is 0 Å². The Morgan fingerprint density at radius 3 is 2.00 bits per heavy atom. The lowest BCUT2D eigenvalue weighted by Gasteiger charge is -2.45. The topological polar surface area (TPSA) is 12.5 Å². The van der Waals surface area contributed by atoms with E-state index in [0.717, 1.165) is 13.2 Å². The molecule has 0 amide bonds. The molecule has 2 bridgehead atoms. The molecule has 2 nitrogen and oxygen atoms in total. The fraction of sp³-hybridized carbons (Fsp3) is 0.455. The van der Waals surface area contributed by atoms with E-state index in [1.807, 2.05) is 0 Å². The first-order valence-electron chi connectivity index (χ1n) is 9.09. The molecule has 3 aliphatic rings. The summed E-state index contributed by atoms with van der Waals surface area (Å²) in [6.07, 6.45) is 1.50. The van der Waals surface area contributed by atoms with Gasteiger partial charge >= 0.3 is 0 Å². The van der Waals surface area contributed by atoms with Gasteiger partial charge in [0, 0.05) is 18.4 Å². The first kappa shape index (κ1) is 18.4. The maximum absolute atomic E-state index is 6.23. The number of benzene rings is 2. The average molecular weight is 358 g/mol. The van der Waals surface area contributed by atoms with Gasteiger partial charge in [-0.25, -0.2) is 0 Å². The van der Waals surface area contributed by atoms with Gasteiger partial charge in [-0.3, -0.25) is 0 Å². The summed E-state index contributed by atoms with van der Waals surface area (Å²) in [7, 11) is 4.21. The molecule has 25 heavy (non-hydrogen) atoms. The molecule has 134 valence electrons. The zero-order valence-electron chi connectivity index (χ0n) is 15.3. The largest absolute Gasteiger partial charge is 0.377 e. The van der Waals surface area contributed by atoms with Crippen molar-refractivity contribution in [2.75, 3.05) is 27.2 Å². The lowest BCUT2D eigenvalue weighted by atomic mass is 9.59. The first-order valence-corrected chi connectivity index (χ1v) is 9.09. The SMILES string of the molecule is CC(CN(C)C)OCC1CC2c3ccccc3C1c1ccccc12.Cl. The predicted octanol–water partition coefficient (Wildman–Crippen LogP) is 4.67. The molecule has 2 unspecified atom stereocenters. The van der Waals surface area contributed by atoms with Crippen molar-refractivity contribution < 1.29 is 4.74 Å². The smallest absolute Gasteiger partial charge is 0.0673 e. The molecule has 0 aliphatic heterocycles. The summed E-state index contributed by atoms with van der Waals surface area (Å²) < 4.78 is 6.23. The Balaban J connectivity index is 0.00000182. The number of fused-ring (bicyclic) bond motifs is 1. The Kier molecular flexibility index (Phi) is 5.52. The number of nitrogens with zero attached hydrogens (tertiary/aromatic N) is 1. The average Bonchev–Trinajstić information content (AvgIpc) is 2.59. The molecule has 5 rings (SSSR count). The Labute approximate surface area is 157 Å². The molecule has 0 spiro atoms. The van der Waals surface area contributed by atoms with Gasteiger partial charge in [-0.05, 0) is 55.6 Å². The van der Waals surface area contributed by atoms with E-state index >= 15 is 0 Å². The van der Waals surface area contributed by atoms with Crippen LogP contribution < -0.4 is 0 Å². The van der Waals surface area contributed by atoms with Gasteiger partial charge in [-0.2, -0.15) is 0 Å². The molecular weight excluding hydrogens is 330 g/mol. The number of hydrogen-bond donors (Lipinski definition) is 0. The van der Waals surface area contributed by atoms with Gasteiger partial charge in [0.05, 0.1) is 12.7 Å². The van der Waals surface area contributed by atoms with Crippen LogP contribution in [0.2, 0.25) is 0 Å². The first-order chi connectivity index (χ1) is 11.6. The second-order valence-electron chi connectivity index (χ2n) is 7.69. The second kappa shape index (κ2) is 7.49. The van der Waals surface area contributed by atoms with Gasteiger partial charge in [0.25, 0.3) is 0 Å². The number of likely N-dealkylation sites (N-methyl/N-ethyl adjacent to an activating group) is 1. The van der Waals surface area contributed by atoms with Crippen LogP contribution in [0.4, 0.5) is 0 Å². The molecule has 3 heteroatoms. The molecule has 0 radical (unpaired) electrons. The number of halogens is 1. The summed E-state index contributed by atoms with van der Waals surface area (Å²) in [6, 6.07) is 18.1. The zero-order chi connectivity index (χ0) is 16.7. The van der Waals surface area contributed by atoms with Crippen molar-refractivity contribution in [1.29, 1.82) is 0 Å². The van der Waals surface area contributed by atoms with Crippen molar-refractivity contribution in [3.63, 3.8) is 0 Å². The van der Waals surface area contributed by atoms with E-state index in [4.69, 9.17) is 4.74 Å². The highest BCUT2D eigenvalue weighted by atomic mass is 35.5. The summed E-state index contributed by atoms with van der Waals surface area (Å²) in [5.41, 5.74) is 6.14. The van der Waals surface area contributed by atoms with Gasteiger partial charge in [-0.1, -0.05) is 48.5 Å². The quantitative estimate of drug-likeness (QED) is 0.770. The highest BCUT2D eigenvalue weighted by molar-refractivity contribution is 5.85. The van der Waals surface area contributed by atoms with Gasteiger partial charge in [0.1, 0.15) is 0 Å². The maximum atomic E-state index is 6.23. The standard InChI is InChI=1S/C22H27NO.ClH/c1-15(13-23(2)3)24-14-16-12-21-17-8-4-6-10-19(17)22(16)20-11-7-5-9-18(20)21;/h4-11,15-16,21-22H,12-14H2,1-3H3;1H. The minimum absolute atomic E-state index is 0. The van der Waals surface area contributed by atoms with E-state index in [2.05, 4.69) is 74.4 Å². The monoisotopic (exact) mass is 357 g/mol. The molecule has 0 aromatic heterocycles. The summed E-state index contributed by atoms with van der Waals surface area (Å²) in [5.74, 6) is 1.62. The molecule has 0 N–H and O–H groups in total. The predicted molar refractivity (Wildman–Crippen MR) is 106 cm³/mol. The third-order valence-corrected chi connectivity index (χ3v) is 5.64.